The third-order valence-electron chi connectivity index (χ3n) is 5.69. The standard InChI is InChI=1S/C21H27ClN4/c1-4-5-6-16-13-25(12-14(16)2)20-21-23-15(3)9-10-26(21)19-11-17(22)7-8-18(19)24-20/h7-11,14-16H,4-6,12-13H2,1-3H3. The van der Waals surface area contributed by atoms with Crippen LogP contribution in [0.2, 0.25) is 5.02 Å². The minimum absolute atomic E-state index is 0.170. The lowest BCUT2D eigenvalue weighted by Gasteiger charge is -2.35. The highest BCUT2D eigenvalue weighted by atomic mass is 35.5. The Kier molecular flexibility index (Phi) is 4.78. The monoisotopic (exact) mass is 370 g/mol. The van der Waals surface area contributed by atoms with Gasteiger partial charge in [0.25, 0.3) is 0 Å². The van der Waals surface area contributed by atoms with E-state index in [0.717, 1.165) is 47.1 Å². The van der Waals surface area contributed by atoms with Crippen LogP contribution in [0, 0.1) is 11.8 Å². The van der Waals surface area contributed by atoms with Gasteiger partial charge in [0.1, 0.15) is 0 Å². The minimum atomic E-state index is 0.170. The number of benzene rings is 1. The van der Waals surface area contributed by atoms with Crippen molar-refractivity contribution in [2.45, 2.75) is 46.1 Å². The van der Waals surface area contributed by atoms with Crippen LogP contribution in [0.1, 0.15) is 40.0 Å². The number of rotatable bonds is 3. The average Bonchev–Trinajstić information content (AvgIpc) is 2.99. The number of hydrogen-bond acceptors (Lipinski definition) is 4. The zero-order valence-corrected chi connectivity index (χ0v) is 16.6. The highest BCUT2D eigenvalue weighted by molar-refractivity contribution is 6.48. The first kappa shape index (κ1) is 17.6. The molecule has 3 aliphatic rings. The molecule has 3 aliphatic heterocycles. The number of aliphatic imine (C=N–C) groups is 2. The first-order valence-corrected chi connectivity index (χ1v) is 10.1. The molecule has 0 saturated carbocycles. The van der Waals surface area contributed by atoms with Gasteiger partial charge in [-0.1, -0.05) is 38.3 Å². The van der Waals surface area contributed by atoms with E-state index in [1.54, 1.807) is 0 Å². The van der Waals surface area contributed by atoms with Gasteiger partial charge in [-0.2, -0.15) is 0 Å². The molecule has 1 aromatic carbocycles. The predicted molar refractivity (Wildman–Crippen MR) is 111 cm³/mol. The van der Waals surface area contributed by atoms with Crippen molar-refractivity contribution in [1.82, 2.24) is 4.90 Å². The number of unbranched alkanes of at least 4 members (excludes halogenated alkanes) is 1. The third-order valence-corrected chi connectivity index (χ3v) is 5.92. The van der Waals surface area contributed by atoms with Crippen molar-refractivity contribution in [3.05, 3.63) is 35.5 Å². The highest BCUT2D eigenvalue weighted by Crippen LogP contribution is 2.38. The van der Waals surface area contributed by atoms with Crippen molar-refractivity contribution < 1.29 is 0 Å². The van der Waals surface area contributed by atoms with Gasteiger partial charge in [-0.05, 0) is 49.5 Å². The van der Waals surface area contributed by atoms with Crippen LogP contribution in [-0.4, -0.2) is 35.7 Å². The second-order valence-corrected chi connectivity index (χ2v) is 8.19. The Morgan fingerprint density at radius 2 is 2.04 bits per heavy atom. The summed E-state index contributed by atoms with van der Waals surface area (Å²) >= 11 is 6.24. The van der Waals surface area contributed by atoms with E-state index < -0.39 is 0 Å². The Morgan fingerprint density at radius 3 is 2.85 bits per heavy atom. The van der Waals surface area contributed by atoms with E-state index in [1.807, 2.05) is 18.2 Å². The molecule has 1 aromatic rings. The van der Waals surface area contributed by atoms with E-state index in [1.165, 1.54) is 19.3 Å². The predicted octanol–water partition coefficient (Wildman–Crippen LogP) is 5.26. The van der Waals surface area contributed by atoms with Crippen LogP contribution in [0.4, 0.5) is 11.4 Å². The van der Waals surface area contributed by atoms with Gasteiger partial charge >= 0.3 is 0 Å². The number of amidine groups is 2. The molecule has 0 amide bonds. The number of likely N-dealkylation sites (tertiary alicyclic amines) is 1. The molecule has 3 heterocycles. The molecule has 0 spiro atoms. The molecule has 5 heteroatoms. The van der Waals surface area contributed by atoms with Gasteiger partial charge in [-0.3, -0.25) is 9.89 Å². The van der Waals surface area contributed by atoms with Gasteiger partial charge < -0.3 is 4.90 Å². The normalized spacial score (nSPS) is 27.2. The van der Waals surface area contributed by atoms with E-state index in [-0.39, 0.29) is 6.04 Å². The van der Waals surface area contributed by atoms with Crippen LogP contribution >= 0.6 is 11.6 Å². The fraction of sp³-hybridized carbons (Fsp3) is 0.524. The first-order chi connectivity index (χ1) is 12.6. The maximum atomic E-state index is 6.24. The number of anilines is 1. The van der Waals surface area contributed by atoms with Crippen molar-refractivity contribution in [2.75, 3.05) is 18.0 Å². The molecule has 3 atom stereocenters. The molecule has 26 heavy (non-hydrogen) atoms. The van der Waals surface area contributed by atoms with Gasteiger partial charge in [0.15, 0.2) is 11.7 Å². The van der Waals surface area contributed by atoms with Crippen LogP contribution < -0.4 is 4.90 Å². The highest BCUT2D eigenvalue weighted by Gasteiger charge is 2.37. The second kappa shape index (κ2) is 7.07. The quantitative estimate of drug-likeness (QED) is 0.726. The zero-order valence-electron chi connectivity index (χ0n) is 15.8. The second-order valence-electron chi connectivity index (χ2n) is 7.76. The van der Waals surface area contributed by atoms with E-state index in [9.17, 15) is 0 Å². The Bertz CT molecular complexity index is 782. The fourth-order valence-electron chi connectivity index (χ4n) is 4.15. The van der Waals surface area contributed by atoms with Crippen molar-refractivity contribution in [3.8, 4) is 0 Å². The summed E-state index contributed by atoms with van der Waals surface area (Å²) in [5.41, 5.74) is 1.98. The minimum Gasteiger partial charge on any atom is -0.353 e. The van der Waals surface area contributed by atoms with Crippen molar-refractivity contribution in [2.24, 2.45) is 21.8 Å². The Hall–Kier alpha value is -1.81. The number of nitrogens with zero attached hydrogens (tertiary/aromatic N) is 4. The summed E-state index contributed by atoms with van der Waals surface area (Å²) in [6.45, 7) is 8.89. The summed E-state index contributed by atoms with van der Waals surface area (Å²) in [6, 6.07) is 6.07. The summed E-state index contributed by atoms with van der Waals surface area (Å²) < 4.78 is 0. The van der Waals surface area contributed by atoms with Crippen molar-refractivity contribution in [1.29, 1.82) is 0 Å². The van der Waals surface area contributed by atoms with Crippen LogP contribution in [0.3, 0.4) is 0 Å². The Labute approximate surface area is 161 Å². The Morgan fingerprint density at radius 1 is 1.19 bits per heavy atom. The molecular weight excluding hydrogens is 344 g/mol. The molecule has 0 N–H and O–H groups in total. The third kappa shape index (κ3) is 3.16. The summed E-state index contributed by atoms with van der Waals surface area (Å²) in [7, 11) is 0. The molecule has 0 aliphatic carbocycles. The van der Waals surface area contributed by atoms with Gasteiger partial charge in [-0.15, -0.1) is 0 Å². The van der Waals surface area contributed by atoms with Crippen LogP contribution in [0.15, 0.2) is 40.5 Å². The maximum Gasteiger partial charge on any atom is 0.176 e. The SMILES string of the molecule is CCCCC1CN(C2=Nc3ccc(Cl)cc3N3C=CC(C)N=C23)CC1C. The molecule has 1 fully saturated rings. The Balaban J connectivity index is 1.70. The lowest BCUT2D eigenvalue weighted by atomic mass is 9.93. The first-order valence-electron chi connectivity index (χ1n) is 9.75. The van der Waals surface area contributed by atoms with Crippen LogP contribution in [0.5, 0.6) is 0 Å². The summed E-state index contributed by atoms with van der Waals surface area (Å²) in [5, 5.41) is 0.725. The number of hydrogen-bond donors (Lipinski definition) is 0. The largest absolute Gasteiger partial charge is 0.353 e. The summed E-state index contributed by atoms with van der Waals surface area (Å²) in [6.07, 6.45) is 8.11. The number of halogens is 1. The van der Waals surface area contributed by atoms with Crippen molar-refractivity contribution in [3.63, 3.8) is 0 Å². The molecule has 0 bridgehead atoms. The molecule has 0 aromatic heterocycles. The zero-order chi connectivity index (χ0) is 18.3. The average molecular weight is 371 g/mol. The lowest BCUT2D eigenvalue weighted by molar-refractivity contribution is 0.405. The van der Waals surface area contributed by atoms with Gasteiger partial charge in [0.05, 0.1) is 17.4 Å². The van der Waals surface area contributed by atoms with Gasteiger partial charge in [-0.25, -0.2) is 4.99 Å². The number of fused-ring (bicyclic) bond motifs is 3. The topological polar surface area (TPSA) is 31.2 Å². The summed E-state index contributed by atoms with van der Waals surface area (Å²) in [4.78, 5) is 14.5. The molecule has 1 saturated heterocycles. The summed E-state index contributed by atoms with van der Waals surface area (Å²) in [5.74, 6) is 3.41. The molecule has 4 rings (SSSR count). The van der Waals surface area contributed by atoms with E-state index >= 15 is 0 Å². The van der Waals surface area contributed by atoms with Gasteiger partial charge in [0, 0.05) is 24.3 Å². The maximum absolute atomic E-state index is 6.24. The molecule has 138 valence electrons. The smallest absolute Gasteiger partial charge is 0.176 e. The lowest BCUT2D eigenvalue weighted by Crippen LogP contribution is -2.46. The van der Waals surface area contributed by atoms with E-state index in [2.05, 4.69) is 42.8 Å². The van der Waals surface area contributed by atoms with Gasteiger partial charge in [0.2, 0.25) is 0 Å². The molecule has 3 unspecified atom stereocenters. The molecule has 4 nitrogen and oxygen atoms in total. The molecule has 0 radical (unpaired) electrons. The molecular formula is C21H27ClN4. The van der Waals surface area contributed by atoms with Crippen LogP contribution in [0.25, 0.3) is 0 Å². The van der Waals surface area contributed by atoms with E-state index in [4.69, 9.17) is 21.6 Å². The van der Waals surface area contributed by atoms with E-state index in [0.29, 0.717) is 5.92 Å². The van der Waals surface area contributed by atoms with Crippen LogP contribution in [-0.2, 0) is 0 Å². The van der Waals surface area contributed by atoms with Crippen molar-refractivity contribution >= 4 is 34.6 Å². The fourth-order valence-corrected chi connectivity index (χ4v) is 4.32.